The third kappa shape index (κ3) is 3.85. The maximum absolute atomic E-state index is 12.4. The largest absolute Gasteiger partial charge is 0.416 e. The van der Waals surface area contributed by atoms with Gasteiger partial charge in [0.1, 0.15) is 5.15 Å². The standard InChI is InChI=1S/C12H8ClF3N2O2S/c13-11-7-9(5-6-17-11)18-21(19,20)10-3-1-8(2-4-10)12(14,15)16/h1-7H,(H,17,18). The van der Waals surface area contributed by atoms with Crippen LogP contribution in [0.15, 0.2) is 47.5 Å². The van der Waals surface area contributed by atoms with Crippen LogP contribution < -0.4 is 4.72 Å². The summed E-state index contributed by atoms with van der Waals surface area (Å²) in [5, 5.41) is 0.0858. The zero-order valence-electron chi connectivity index (χ0n) is 10.2. The summed E-state index contributed by atoms with van der Waals surface area (Å²) < 4.78 is 63.5. The van der Waals surface area contributed by atoms with Crippen molar-refractivity contribution in [3.05, 3.63) is 53.3 Å². The van der Waals surface area contributed by atoms with E-state index in [2.05, 4.69) is 9.71 Å². The Kier molecular flexibility index (Phi) is 4.11. The van der Waals surface area contributed by atoms with Gasteiger partial charge in [0.15, 0.2) is 0 Å². The van der Waals surface area contributed by atoms with Gasteiger partial charge in [-0.1, -0.05) is 11.6 Å². The van der Waals surface area contributed by atoms with E-state index in [1.807, 2.05) is 0 Å². The number of sulfonamides is 1. The summed E-state index contributed by atoms with van der Waals surface area (Å²) in [5.74, 6) is 0. The zero-order chi connectivity index (χ0) is 15.7. The van der Waals surface area contributed by atoms with Gasteiger partial charge in [-0.15, -0.1) is 0 Å². The van der Waals surface area contributed by atoms with Crippen LogP contribution in [0.5, 0.6) is 0 Å². The van der Waals surface area contributed by atoms with Gasteiger partial charge in [0.2, 0.25) is 0 Å². The van der Waals surface area contributed by atoms with Crippen LogP contribution in [-0.2, 0) is 16.2 Å². The molecule has 1 aromatic heterocycles. The van der Waals surface area contributed by atoms with Gasteiger partial charge in [0, 0.05) is 6.20 Å². The van der Waals surface area contributed by atoms with Gasteiger partial charge < -0.3 is 0 Å². The van der Waals surface area contributed by atoms with E-state index in [-0.39, 0.29) is 15.7 Å². The summed E-state index contributed by atoms with van der Waals surface area (Å²) in [4.78, 5) is 3.40. The minimum atomic E-state index is -4.52. The highest BCUT2D eigenvalue weighted by atomic mass is 35.5. The van der Waals surface area contributed by atoms with E-state index in [1.165, 1.54) is 18.3 Å². The monoisotopic (exact) mass is 336 g/mol. The second kappa shape index (κ2) is 5.53. The van der Waals surface area contributed by atoms with E-state index in [4.69, 9.17) is 11.6 Å². The number of alkyl halides is 3. The molecule has 0 radical (unpaired) electrons. The molecule has 0 spiro atoms. The molecule has 9 heteroatoms. The van der Waals surface area contributed by atoms with Crippen LogP contribution in [0.25, 0.3) is 0 Å². The smallest absolute Gasteiger partial charge is 0.279 e. The summed E-state index contributed by atoms with van der Waals surface area (Å²) in [6, 6.07) is 5.82. The first-order chi connectivity index (χ1) is 9.68. The molecule has 0 aliphatic carbocycles. The van der Waals surface area contributed by atoms with Crippen molar-refractivity contribution >= 4 is 27.3 Å². The summed E-state index contributed by atoms with van der Waals surface area (Å²) in [7, 11) is -4.00. The van der Waals surface area contributed by atoms with Crippen molar-refractivity contribution in [3.8, 4) is 0 Å². The first kappa shape index (κ1) is 15.6. The molecule has 1 aromatic carbocycles. The third-order valence-corrected chi connectivity index (χ3v) is 4.07. The normalized spacial score (nSPS) is 12.2. The summed E-state index contributed by atoms with van der Waals surface area (Å²) in [5.41, 5.74) is -0.761. The topological polar surface area (TPSA) is 59.1 Å². The molecule has 21 heavy (non-hydrogen) atoms. The van der Waals surface area contributed by atoms with E-state index in [1.54, 1.807) is 0 Å². The van der Waals surface area contributed by atoms with E-state index in [0.717, 1.165) is 12.1 Å². The lowest BCUT2D eigenvalue weighted by Crippen LogP contribution is -2.13. The fourth-order valence-corrected chi connectivity index (χ4v) is 2.73. The van der Waals surface area contributed by atoms with Crippen molar-refractivity contribution in [3.63, 3.8) is 0 Å². The quantitative estimate of drug-likeness (QED) is 0.872. The van der Waals surface area contributed by atoms with Crippen LogP contribution in [0.4, 0.5) is 18.9 Å². The fraction of sp³-hybridized carbons (Fsp3) is 0.0833. The molecule has 0 aliphatic heterocycles. The summed E-state index contributed by atoms with van der Waals surface area (Å²) in [6.45, 7) is 0. The average molecular weight is 337 g/mol. The molecule has 112 valence electrons. The molecule has 2 rings (SSSR count). The van der Waals surface area contributed by atoms with Crippen LogP contribution in [0, 0.1) is 0 Å². The highest BCUT2D eigenvalue weighted by molar-refractivity contribution is 7.92. The van der Waals surface area contributed by atoms with Crippen molar-refractivity contribution < 1.29 is 21.6 Å². The lowest BCUT2D eigenvalue weighted by molar-refractivity contribution is -0.137. The molecule has 0 aliphatic rings. The van der Waals surface area contributed by atoms with E-state index in [9.17, 15) is 21.6 Å². The minimum absolute atomic E-state index is 0.0858. The fourth-order valence-electron chi connectivity index (χ4n) is 1.50. The Bertz CT molecular complexity index is 746. The lowest BCUT2D eigenvalue weighted by Gasteiger charge is -2.10. The minimum Gasteiger partial charge on any atom is -0.279 e. The number of pyridine rings is 1. The average Bonchev–Trinajstić information content (AvgIpc) is 2.37. The predicted octanol–water partition coefficient (Wildman–Crippen LogP) is 3.55. The molecule has 0 amide bonds. The molecular formula is C12H8ClF3N2O2S. The number of anilines is 1. The molecule has 0 saturated heterocycles. The van der Waals surface area contributed by atoms with Gasteiger partial charge in [-0.05, 0) is 36.4 Å². The molecule has 0 saturated carbocycles. The number of nitrogens with zero attached hydrogens (tertiary/aromatic N) is 1. The first-order valence-corrected chi connectivity index (χ1v) is 7.36. The van der Waals surface area contributed by atoms with Crippen LogP contribution in [0.1, 0.15) is 5.56 Å². The van der Waals surface area contributed by atoms with E-state index >= 15 is 0 Å². The summed E-state index contributed by atoms with van der Waals surface area (Å²) >= 11 is 5.62. The second-order valence-corrected chi connectivity index (χ2v) is 6.06. The molecule has 4 nitrogen and oxygen atoms in total. The lowest BCUT2D eigenvalue weighted by atomic mass is 10.2. The Balaban J connectivity index is 2.28. The number of benzene rings is 1. The molecule has 0 fully saturated rings. The van der Waals surface area contributed by atoms with Crippen LogP contribution in [0.2, 0.25) is 5.15 Å². The Hall–Kier alpha value is -1.80. The van der Waals surface area contributed by atoms with Gasteiger partial charge in [-0.25, -0.2) is 13.4 Å². The number of hydrogen-bond donors (Lipinski definition) is 1. The number of nitrogens with one attached hydrogen (secondary N) is 1. The van der Waals surface area contributed by atoms with Crippen LogP contribution in [0.3, 0.4) is 0 Å². The van der Waals surface area contributed by atoms with E-state index in [0.29, 0.717) is 12.1 Å². The van der Waals surface area contributed by atoms with Crippen molar-refractivity contribution in [1.29, 1.82) is 0 Å². The van der Waals surface area contributed by atoms with Gasteiger partial charge in [0.25, 0.3) is 10.0 Å². The SMILES string of the molecule is O=S(=O)(Nc1ccnc(Cl)c1)c1ccc(C(F)(F)F)cc1. The van der Waals surface area contributed by atoms with Crippen molar-refractivity contribution in [1.82, 2.24) is 4.98 Å². The van der Waals surface area contributed by atoms with Crippen molar-refractivity contribution in [2.75, 3.05) is 4.72 Å². The molecule has 0 atom stereocenters. The molecule has 0 unspecified atom stereocenters. The Labute approximate surface area is 123 Å². The second-order valence-electron chi connectivity index (χ2n) is 3.99. The number of hydrogen-bond acceptors (Lipinski definition) is 3. The van der Waals surface area contributed by atoms with Crippen molar-refractivity contribution in [2.24, 2.45) is 0 Å². The third-order valence-electron chi connectivity index (χ3n) is 2.47. The Morgan fingerprint density at radius 2 is 1.71 bits per heavy atom. The molecular weight excluding hydrogens is 329 g/mol. The van der Waals surface area contributed by atoms with Crippen LogP contribution >= 0.6 is 11.6 Å². The number of aromatic nitrogens is 1. The zero-order valence-corrected chi connectivity index (χ0v) is 11.8. The predicted molar refractivity (Wildman–Crippen MR) is 71.5 cm³/mol. The van der Waals surface area contributed by atoms with Gasteiger partial charge >= 0.3 is 6.18 Å². The van der Waals surface area contributed by atoms with Gasteiger partial charge in [0.05, 0.1) is 16.1 Å². The highest BCUT2D eigenvalue weighted by Gasteiger charge is 2.30. The molecule has 1 N–H and O–H groups in total. The molecule has 0 bridgehead atoms. The van der Waals surface area contributed by atoms with Gasteiger partial charge in [-0.2, -0.15) is 13.2 Å². The van der Waals surface area contributed by atoms with Gasteiger partial charge in [-0.3, -0.25) is 4.72 Å². The van der Waals surface area contributed by atoms with Crippen molar-refractivity contribution in [2.45, 2.75) is 11.1 Å². The number of halogens is 4. The maximum Gasteiger partial charge on any atom is 0.416 e. The molecule has 1 heterocycles. The van der Waals surface area contributed by atoms with E-state index < -0.39 is 21.8 Å². The maximum atomic E-state index is 12.4. The Morgan fingerprint density at radius 1 is 1.10 bits per heavy atom. The highest BCUT2D eigenvalue weighted by Crippen LogP contribution is 2.30. The molecule has 2 aromatic rings. The summed E-state index contributed by atoms with van der Waals surface area (Å²) in [6.07, 6.45) is -3.22. The first-order valence-electron chi connectivity index (χ1n) is 5.50. The number of rotatable bonds is 3. The van der Waals surface area contributed by atoms with Crippen LogP contribution in [-0.4, -0.2) is 13.4 Å². The Morgan fingerprint density at radius 3 is 2.24 bits per heavy atom.